The van der Waals surface area contributed by atoms with Crippen LogP contribution in [0.1, 0.15) is 0 Å². The van der Waals surface area contributed by atoms with Gasteiger partial charge < -0.3 is 34.6 Å². The fraction of sp³-hybridized carbons (Fsp3) is 0.419. The summed E-state index contributed by atoms with van der Waals surface area (Å²) in [6, 6.07) is 16.6. The van der Waals surface area contributed by atoms with Gasteiger partial charge in [0.25, 0.3) is 0 Å². The van der Waals surface area contributed by atoms with E-state index in [4.69, 9.17) is 14.2 Å². The lowest BCUT2D eigenvalue weighted by molar-refractivity contribution is 0.0209. The number of rotatable bonds is 20. The standard InChI is InChI=1S/C31H36Br6N2O7/c32-20-1-4-29(26(35)11-20)44-17-23(41)14-38(9-10-40)7-8-39(15-24(42)18-45-30-5-2-21(33)12-27(30)36)16-25(43)19-46-31-6-3-22(34)13-28(31)37/h1-6,11-13,23-25,40-43H,7-10,14-19H2. The predicted octanol–water partition coefficient (Wildman–Crippen LogP) is 6.48. The van der Waals surface area contributed by atoms with Crippen molar-refractivity contribution in [1.29, 1.82) is 0 Å². The molecule has 0 saturated carbocycles. The molecule has 0 bridgehead atoms. The fourth-order valence-electron chi connectivity index (χ4n) is 4.36. The Kier molecular flexibility index (Phi) is 18.4. The van der Waals surface area contributed by atoms with Crippen molar-refractivity contribution in [2.45, 2.75) is 18.3 Å². The molecule has 0 amide bonds. The lowest BCUT2D eigenvalue weighted by atomic mass is 10.2. The molecule has 0 saturated heterocycles. The highest BCUT2D eigenvalue weighted by molar-refractivity contribution is 9.11. The van der Waals surface area contributed by atoms with Gasteiger partial charge in [0.15, 0.2) is 0 Å². The minimum absolute atomic E-state index is 0.0389. The summed E-state index contributed by atoms with van der Waals surface area (Å²) in [6.45, 7) is 1.95. The first-order valence-electron chi connectivity index (χ1n) is 14.3. The second-order valence-corrected chi connectivity index (χ2v) is 15.7. The van der Waals surface area contributed by atoms with Crippen LogP contribution in [0.2, 0.25) is 0 Å². The van der Waals surface area contributed by atoms with Crippen LogP contribution in [0, 0.1) is 0 Å². The van der Waals surface area contributed by atoms with Gasteiger partial charge in [-0.05, 0) is 102 Å². The van der Waals surface area contributed by atoms with Crippen molar-refractivity contribution in [3.8, 4) is 17.2 Å². The Bertz CT molecular complexity index is 1310. The first kappa shape index (κ1) is 40.1. The summed E-state index contributed by atoms with van der Waals surface area (Å²) >= 11 is 20.7. The third kappa shape index (κ3) is 14.7. The lowest BCUT2D eigenvalue weighted by Crippen LogP contribution is -2.46. The van der Waals surface area contributed by atoms with E-state index >= 15 is 0 Å². The number of nitrogens with zero attached hydrogens (tertiary/aromatic N) is 2. The van der Waals surface area contributed by atoms with Crippen LogP contribution in [0.25, 0.3) is 0 Å². The summed E-state index contributed by atoms with van der Waals surface area (Å²) in [4.78, 5) is 3.84. The van der Waals surface area contributed by atoms with Gasteiger partial charge in [-0.25, -0.2) is 0 Å². The molecule has 0 aliphatic rings. The second kappa shape index (κ2) is 21.0. The summed E-state index contributed by atoms with van der Waals surface area (Å²) in [5.74, 6) is 1.81. The number of halogens is 6. The van der Waals surface area contributed by atoms with Gasteiger partial charge in [0.1, 0.15) is 55.4 Å². The zero-order chi connectivity index (χ0) is 33.6. The van der Waals surface area contributed by atoms with Crippen molar-refractivity contribution < 1.29 is 34.6 Å². The van der Waals surface area contributed by atoms with E-state index < -0.39 is 18.3 Å². The van der Waals surface area contributed by atoms with Gasteiger partial charge in [0.05, 0.1) is 20.0 Å². The quantitative estimate of drug-likeness (QED) is 0.101. The number of ether oxygens (including phenoxy) is 3. The Morgan fingerprint density at radius 1 is 0.500 bits per heavy atom. The molecule has 0 spiro atoms. The number of benzene rings is 3. The van der Waals surface area contributed by atoms with E-state index in [0.717, 1.165) is 26.8 Å². The van der Waals surface area contributed by atoms with Crippen LogP contribution in [0.5, 0.6) is 17.2 Å². The molecule has 3 aromatic rings. The Morgan fingerprint density at radius 2 is 0.826 bits per heavy atom. The maximum atomic E-state index is 10.9. The van der Waals surface area contributed by atoms with Crippen LogP contribution in [-0.4, -0.2) is 114 Å². The molecule has 3 aromatic carbocycles. The van der Waals surface area contributed by atoms with E-state index in [1.807, 2.05) is 46.2 Å². The molecule has 0 radical (unpaired) electrons. The van der Waals surface area contributed by atoms with Crippen LogP contribution in [0.15, 0.2) is 81.4 Å². The third-order valence-corrected chi connectivity index (χ3v) is 9.87. The summed E-state index contributed by atoms with van der Waals surface area (Å²) in [7, 11) is 0. The van der Waals surface area contributed by atoms with Crippen LogP contribution < -0.4 is 14.2 Å². The largest absolute Gasteiger partial charge is 0.490 e. The molecule has 0 aromatic heterocycles. The second-order valence-electron chi connectivity index (χ2n) is 10.4. The molecule has 15 heteroatoms. The SMILES string of the molecule is OCCN(CCN(CC(O)COc1ccc(Br)cc1Br)CC(O)COc1ccc(Br)cc1Br)CC(O)COc1ccc(Br)cc1Br. The van der Waals surface area contributed by atoms with Crippen LogP contribution in [0.4, 0.5) is 0 Å². The highest BCUT2D eigenvalue weighted by atomic mass is 79.9. The van der Waals surface area contributed by atoms with Crippen LogP contribution >= 0.6 is 95.6 Å². The van der Waals surface area contributed by atoms with Crippen molar-refractivity contribution >= 4 is 95.6 Å². The average Bonchev–Trinajstić information content (AvgIpc) is 2.98. The minimum atomic E-state index is -0.862. The normalized spacial score (nSPS) is 13.6. The molecule has 9 nitrogen and oxygen atoms in total. The number of hydrogen-bond donors (Lipinski definition) is 4. The zero-order valence-corrected chi connectivity index (χ0v) is 34.2. The topological polar surface area (TPSA) is 115 Å². The van der Waals surface area contributed by atoms with Gasteiger partial charge >= 0.3 is 0 Å². The summed E-state index contributed by atoms with van der Waals surface area (Å²) < 4.78 is 22.5. The Hall–Kier alpha value is -0.300. The molecule has 46 heavy (non-hydrogen) atoms. The minimum Gasteiger partial charge on any atom is -0.490 e. The first-order chi connectivity index (χ1) is 21.9. The molecule has 0 aliphatic carbocycles. The molecule has 3 atom stereocenters. The highest BCUT2D eigenvalue weighted by Crippen LogP contribution is 2.30. The molecule has 3 unspecified atom stereocenters. The lowest BCUT2D eigenvalue weighted by Gasteiger charge is -2.31. The van der Waals surface area contributed by atoms with Crippen LogP contribution in [0.3, 0.4) is 0 Å². The molecule has 0 heterocycles. The average molecular weight is 1030 g/mol. The number of hydrogen-bond acceptors (Lipinski definition) is 9. The Morgan fingerprint density at radius 3 is 1.15 bits per heavy atom. The smallest absolute Gasteiger partial charge is 0.133 e. The Labute approximate surface area is 320 Å². The van der Waals surface area contributed by atoms with E-state index in [-0.39, 0.29) is 46.1 Å². The highest BCUT2D eigenvalue weighted by Gasteiger charge is 2.20. The van der Waals surface area contributed by atoms with Gasteiger partial charge in [-0.15, -0.1) is 0 Å². The Balaban J connectivity index is 1.60. The summed E-state index contributed by atoms with van der Waals surface area (Å²) in [5, 5.41) is 42.3. The summed E-state index contributed by atoms with van der Waals surface area (Å²) in [5.41, 5.74) is 0. The molecule has 3 rings (SSSR count). The molecular weight excluding hydrogens is 992 g/mol. The summed E-state index contributed by atoms with van der Waals surface area (Å²) in [6.07, 6.45) is -2.54. The fourth-order valence-corrected chi connectivity index (χ4v) is 7.85. The monoisotopic (exact) mass is 1020 g/mol. The van der Waals surface area contributed by atoms with Gasteiger partial charge in [-0.2, -0.15) is 0 Å². The molecular formula is C31H36Br6N2O7. The van der Waals surface area contributed by atoms with Gasteiger partial charge in [0.2, 0.25) is 0 Å². The van der Waals surface area contributed by atoms with E-state index in [2.05, 4.69) is 95.6 Å². The number of aliphatic hydroxyl groups excluding tert-OH is 4. The maximum absolute atomic E-state index is 10.9. The van der Waals surface area contributed by atoms with Crippen LogP contribution in [-0.2, 0) is 0 Å². The number of aliphatic hydroxyl groups is 4. The van der Waals surface area contributed by atoms with Gasteiger partial charge in [-0.1, -0.05) is 47.8 Å². The predicted molar refractivity (Wildman–Crippen MR) is 200 cm³/mol. The van der Waals surface area contributed by atoms with Crippen molar-refractivity contribution in [2.75, 3.05) is 65.7 Å². The van der Waals surface area contributed by atoms with E-state index in [1.165, 1.54) is 0 Å². The third-order valence-electron chi connectivity index (χ3n) is 6.53. The zero-order valence-electron chi connectivity index (χ0n) is 24.7. The van der Waals surface area contributed by atoms with Gasteiger partial charge in [-0.3, -0.25) is 9.80 Å². The van der Waals surface area contributed by atoms with E-state index in [1.54, 1.807) is 18.2 Å². The van der Waals surface area contributed by atoms with Gasteiger partial charge in [0, 0.05) is 52.7 Å². The molecule has 0 aliphatic heterocycles. The molecule has 254 valence electrons. The van der Waals surface area contributed by atoms with Crippen molar-refractivity contribution in [1.82, 2.24) is 9.80 Å². The molecule has 4 N–H and O–H groups in total. The van der Waals surface area contributed by atoms with E-state index in [0.29, 0.717) is 36.9 Å². The molecule has 0 fully saturated rings. The van der Waals surface area contributed by atoms with Crippen molar-refractivity contribution in [3.63, 3.8) is 0 Å². The first-order valence-corrected chi connectivity index (χ1v) is 19.0. The maximum Gasteiger partial charge on any atom is 0.133 e. The van der Waals surface area contributed by atoms with E-state index in [9.17, 15) is 20.4 Å². The van der Waals surface area contributed by atoms with Crippen molar-refractivity contribution in [2.24, 2.45) is 0 Å². The van der Waals surface area contributed by atoms with Crippen molar-refractivity contribution in [3.05, 3.63) is 81.4 Å².